The molecule has 0 atom stereocenters. The van der Waals surface area contributed by atoms with Crippen molar-refractivity contribution in [2.75, 3.05) is 11.1 Å². The molecule has 1 aliphatic carbocycles. The Morgan fingerprint density at radius 1 is 1.43 bits per heavy atom. The molecule has 0 saturated heterocycles. The van der Waals surface area contributed by atoms with Crippen molar-refractivity contribution in [3.05, 3.63) is 12.3 Å². The Morgan fingerprint density at radius 3 is 2.71 bits per heavy atom. The molecule has 0 bridgehead atoms. The standard InChI is InChI=1S/C14H23N3O3S/c1-11(2)17-13(7-9-15-17)16-14(18)8-10-21(19,20)12-5-3-4-6-12/h7,9,11-12H,3-6,8,10H2,1-2H3,(H,16,18). The summed E-state index contributed by atoms with van der Waals surface area (Å²) in [6, 6.07) is 1.85. The number of aromatic nitrogens is 2. The van der Waals surface area contributed by atoms with Crippen molar-refractivity contribution in [3.63, 3.8) is 0 Å². The second-order valence-corrected chi connectivity index (χ2v) is 8.23. The Hall–Kier alpha value is -1.37. The molecule has 1 saturated carbocycles. The Labute approximate surface area is 125 Å². The SMILES string of the molecule is CC(C)n1nccc1NC(=O)CCS(=O)(=O)C1CCCC1. The quantitative estimate of drug-likeness (QED) is 0.872. The van der Waals surface area contributed by atoms with E-state index >= 15 is 0 Å². The zero-order valence-electron chi connectivity index (χ0n) is 12.6. The van der Waals surface area contributed by atoms with Gasteiger partial charge in [-0.3, -0.25) is 4.79 Å². The first kappa shape index (κ1) is 16.0. The van der Waals surface area contributed by atoms with Crippen LogP contribution in [0.2, 0.25) is 0 Å². The van der Waals surface area contributed by atoms with Crippen LogP contribution in [-0.4, -0.2) is 35.1 Å². The summed E-state index contributed by atoms with van der Waals surface area (Å²) in [7, 11) is -3.14. The molecule has 0 unspecified atom stereocenters. The molecule has 2 rings (SSSR count). The number of rotatable bonds is 6. The summed E-state index contributed by atoms with van der Waals surface area (Å²) in [5.41, 5.74) is 0. The summed E-state index contributed by atoms with van der Waals surface area (Å²) in [4.78, 5) is 11.9. The van der Waals surface area contributed by atoms with Crippen molar-refractivity contribution in [3.8, 4) is 0 Å². The average molecular weight is 313 g/mol. The largest absolute Gasteiger partial charge is 0.311 e. The minimum absolute atomic E-state index is 0.00209. The molecule has 0 aliphatic heterocycles. The van der Waals surface area contributed by atoms with Gasteiger partial charge in [0.25, 0.3) is 0 Å². The van der Waals surface area contributed by atoms with Crippen molar-refractivity contribution >= 4 is 21.6 Å². The predicted molar refractivity (Wildman–Crippen MR) is 81.9 cm³/mol. The van der Waals surface area contributed by atoms with E-state index in [4.69, 9.17) is 0 Å². The molecule has 0 aromatic carbocycles. The van der Waals surface area contributed by atoms with Gasteiger partial charge in [0.2, 0.25) is 5.91 Å². The first-order valence-electron chi connectivity index (χ1n) is 7.45. The second-order valence-electron chi connectivity index (χ2n) is 5.83. The van der Waals surface area contributed by atoms with Crippen molar-refractivity contribution in [1.82, 2.24) is 9.78 Å². The predicted octanol–water partition coefficient (Wildman–Crippen LogP) is 2.15. The maximum absolute atomic E-state index is 12.1. The molecule has 21 heavy (non-hydrogen) atoms. The fourth-order valence-electron chi connectivity index (χ4n) is 2.68. The van der Waals surface area contributed by atoms with Gasteiger partial charge >= 0.3 is 0 Å². The van der Waals surface area contributed by atoms with E-state index in [1.165, 1.54) is 0 Å². The summed E-state index contributed by atoms with van der Waals surface area (Å²) in [6.45, 7) is 3.93. The van der Waals surface area contributed by atoms with Gasteiger partial charge in [-0.2, -0.15) is 5.10 Å². The third kappa shape index (κ3) is 4.06. The monoisotopic (exact) mass is 313 g/mol. The lowest BCUT2D eigenvalue weighted by molar-refractivity contribution is -0.115. The van der Waals surface area contributed by atoms with Gasteiger partial charge < -0.3 is 5.32 Å². The molecule has 1 amide bonds. The highest BCUT2D eigenvalue weighted by Gasteiger charge is 2.28. The smallest absolute Gasteiger partial charge is 0.226 e. The Balaban J connectivity index is 1.89. The van der Waals surface area contributed by atoms with Crippen LogP contribution in [0.3, 0.4) is 0 Å². The Bertz CT molecular complexity index is 586. The maximum Gasteiger partial charge on any atom is 0.226 e. The minimum Gasteiger partial charge on any atom is -0.311 e. The van der Waals surface area contributed by atoms with E-state index in [1.54, 1.807) is 16.9 Å². The third-order valence-corrected chi connectivity index (χ3v) is 6.11. The molecular weight excluding hydrogens is 290 g/mol. The fourth-order valence-corrected chi connectivity index (χ4v) is 4.53. The summed E-state index contributed by atoms with van der Waals surface area (Å²) in [5.74, 6) is 0.256. The molecule has 1 N–H and O–H groups in total. The van der Waals surface area contributed by atoms with Crippen LogP contribution in [0.25, 0.3) is 0 Å². The first-order chi connectivity index (χ1) is 9.90. The average Bonchev–Trinajstić information content (AvgIpc) is 3.07. The van der Waals surface area contributed by atoms with Crippen molar-refractivity contribution in [2.45, 2.75) is 57.2 Å². The van der Waals surface area contributed by atoms with Crippen molar-refractivity contribution in [1.29, 1.82) is 0 Å². The van der Waals surface area contributed by atoms with Crippen LogP contribution >= 0.6 is 0 Å². The summed E-state index contributed by atoms with van der Waals surface area (Å²) in [5, 5.41) is 6.61. The van der Waals surface area contributed by atoms with Crippen molar-refractivity contribution in [2.24, 2.45) is 0 Å². The summed E-state index contributed by atoms with van der Waals surface area (Å²) < 4.78 is 25.9. The molecule has 1 fully saturated rings. The number of amides is 1. The molecule has 1 aromatic rings. The molecule has 0 spiro atoms. The molecule has 1 heterocycles. The van der Waals surface area contributed by atoms with Gasteiger partial charge in [-0.15, -0.1) is 0 Å². The molecule has 0 radical (unpaired) electrons. The van der Waals surface area contributed by atoms with Crippen LogP contribution in [0.5, 0.6) is 0 Å². The van der Waals surface area contributed by atoms with E-state index in [0.29, 0.717) is 5.82 Å². The van der Waals surface area contributed by atoms with Crippen LogP contribution in [0.1, 0.15) is 52.0 Å². The number of nitrogens with zero attached hydrogens (tertiary/aromatic N) is 2. The molecule has 1 aliphatic rings. The lowest BCUT2D eigenvalue weighted by atomic mass is 10.4. The molecular formula is C14H23N3O3S. The van der Waals surface area contributed by atoms with Gasteiger partial charge in [-0.25, -0.2) is 13.1 Å². The topological polar surface area (TPSA) is 81.1 Å². The van der Waals surface area contributed by atoms with Crippen LogP contribution in [0, 0.1) is 0 Å². The van der Waals surface area contributed by atoms with Gasteiger partial charge in [-0.1, -0.05) is 12.8 Å². The van der Waals surface area contributed by atoms with Gasteiger partial charge in [0.15, 0.2) is 9.84 Å². The van der Waals surface area contributed by atoms with Crippen LogP contribution in [0.15, 0.2) is 12.3 Å². The molecule has 1 aromatic heterocycles. The fraction of sp³-hybridized carbons (Fsp3) is 0.714. The van der Waals surface area contributed by atoms with E-state index < -0.39 is 9.84 Å². The highest BCUT2D eigenvalue weighted by molar-refractivity contribution is 7.92. The van der Waals surface area contributed by atoms with E-state index in [1.807, 2.05) is 13.8 Å². The summed E-state index contributed by atoms with van der Waals surface area (Å²) in [6.07, 6.45) is 5.05. The number of sulfone groups is 1. The van der Waals surface area contributed by atoms with Crippen LogP contribution < -0.4 is 5.32 Å². The molecule has 7 heteroatoms. The Kier molecular flexibility index (Phi) is 5.03. The van der Waals surface area contributed by atoms with Crippen LogP contribution in [-0.2, 0) is 14.6 Å². The normalized spacial score (nSPS) is 16.5. The van der Waals surface area contributed by atoms with Gasteiger partial charge in [0.05, 0.1) is 17.2 Å². The number of hydrogen-bond acceptors (Lipinski definition) is 4. The van der Waals surface area contributed by atoms with Gasteiger partial charge in [0.1, 0.15) is 5.82 Å². The van der Waals surface area contributed by atoms with Gasteiger partial charge in [-0.05, 0) is 26.7 Å². The second kappa shape index (κ2) is 6.60. The van der Waals surface area contributed by atoms with E-state index in [9.17, 15) is 13.2 Å². The molecule has 118 valence electrons. The van der Waals surface area contributed by atoms with Gasteiger partial charge in [0, 0.05) is 18.5 Å². The number of nitrogens with one attached hydrogen (secondary N) is 1. The van der Waals surface area contributed by atoms with Crippen molar-refractivity contribution < 1.29 is 13.2 Å². The maximum atomic E-state index is 12.1. The zero-order chi connectivity index (χ0) is 15.5. The van der Waals surface area contributed by atoms with E-state index in [-0.39, 0.29) is 29.4 Å². The minimum atomic E-state index is -3.14. The lowest BCUT2D eigenvalue weighted by Gasteiger charge is -2.13. The molecule has 6 nitrogen and oxygen atoms in total. The number of anilines is 1. The number of hydrogen-bond donors (Lipinski definition) is 1. The Morgan fingerprint density at radius 2 is 2.10 bits per heavy atom. The third-order valence-electron chi connectivity index (χ3n) is 3.85. The number of carbonyl (C=O) groups is 1. The first-order valence-corrected chi connectivity index (χ1v) is 9.16. The summed E-state index contributed by atoms with van der Waals surface area (Å²) >= 11 is 0. The lowest BCUT2D eigenvalue weighted by Crippen LogP contribution is -2.25. The van der Waals surface area contributed by atoms with E-state index in [0.717, 1.165) is 25.7 Å². The highest BCUT2D eigenvalue weighted by Crippen LogP contribution is 2.25. The number of carbonyl (C=O) groups excluding carboxylic acids is 1. The highest BCUT2D eigenvalue weighted by atomic mass is 32.2. The zero-order valence-corrected chi connectivity index (χ0v) is 13.4. The van der Waals surface area contributed by atoms with Crippen LogP contribution in [0.4, 0.5) is 5.82 Å². The van der Waals surface area contributed by atoms with E-state index in [2.05, 4.69) is 10.4 Å².